The number of carbonyl (C=O) groups excluding carboxylic acids is 3. The lowest BCUT2D eigenvalue weighted by atomic mass is 9.92. The van der Waals surface area contributed by atoms with Crippen LogP contribution in [0.3, 0.4) is 0 Å². The number of amides is 4. The van der Waals surface area contributed by atoms with Crippen LogP contribution in [0.5, 0.6) is 5.75 Å². The van der Waals surface area contributed by atoms with E-state index in [9.17, 15) is 14.4 Å². The van der Waals surface area contributed by atoms with E-state index in [1.165, 1.54) is 0 Å². The molecule has 1 aliphatic heterocycles. The zero-order valence-electron chi connectivity index (χ0n) is 15.5. The fourth-order valence-electron chi connectivity index (χ4n) is 3.15. The van der Waals surface area contributed by atoms with Crippen LogP contribution in [0.1, 0.15) is 12.5 Å². The molecule has 0 unspecified atom stereocenters. The first-order valence-electron chi connectivity index (χ1n) is 8.64. The molecule has 28 heavy (non-hydrogen) atoms. The Hall–Kier alpha value is -3.06. The quantitative estimate of drug-likeness (QED) is 0.728. The van der Waals surface area contributed by atoms with E-state index in [4.69, 9.17) is 16.3 Å². The molecule has 2 aromatic rings. The molecular formula is C20H20ClN3O4. The van der Waals surface area contributed by atoms with Gasteiger partial charge in [0.2, 0.25) is 5.91 Å². The molecule has 1 saturated heterocycles. The highest BCUT2D eigenvalue weighted by Crippen LogP contribution is 2.27. The van der Waals surface area contributed by atoms with Gasteiger partial charge in [-0.15, -0.1) is 0 Å². The number of anilines is 1. The zero-order valence-corrected chi connectivity index (χ0v) is 16.2. The molecule has 2 N–H and O–H groups in total. The van der Waals surface area contributed by atoms with E-state index in [1.54, 1.807) is 44.4 Å². The Balaban J connectivity index is 1.71. The molecule has 7 nitrogen and oxygen atoms in total. The van der Waals surface area contributed by atoms with Crippen LogP contribution in [0.4, 0.5) is 10.5 Å². The number of halogens is 1. The van der Waals surface area contributed by atoms with Gasteiger partial charge >= 0.3 is 6.03 Å². The van der Waals surface area contributed by atoms with Crippen molar-refractivity contribution in [1.82, 2.24) is 10.2 Å². The Kier molecular flexibility index (Phi) is 5.56. The SMILES string of the molecule is COc1ccccc1C[C@]1(C)NC(=O)N(CC(=O)Nc2cccc(Cl)c2)C1=O. The lowest BCUT2D eigenvalue weighted by Gasteiger charge is -2.22. The molecule has 8 heteroatoms. The third-order valence-electron chi connectivity index (χ3n) is 4.49. The largest absolute Gasteiger partial charge is 0.496 e. The molecular weight excluding hydrogens is 382 g/mol. The maximum Gasteiger partial charge on any atom is 0.325 e. The second-order valence-electron chi connectivity index (χ2n) is 6.70. The Labute approximate surface area is 167 Å². The number of nitrogens with one attached hydrogen (secondary N) is 2. The number of carbonyl (C=O) groups is 3. The number of methoxy groups -OCH3 is 1. The maximum atomic E-state index is 12.9. The van der Waals surface area contributed by atoms with Crippen LogP contribution >= 0.6 is 11.6 Å². The van der Waals surface area contributed by atoms with Crippen molar-refractivity contribution in [1.29, 1.82) is 0 Å². The molecule has 0 aromatic heterocycles. The van der Waals surface area contributed by atoms with E-state index in [0.29, 0.717) is 16.5 Å². The molecule has 0 bridgehead atoms. The Bertz CT molecular complexity index is 933. The molecule has 2 aromatic carbocycles. The number of para-hydroxylation sites is 1. The Morgan fingerprint density at radius 3 is 2.68 bits per heavy atom. The molecule has 146 valence electrons. The van der Waals surface area contributed by atoms with E-state index in [2.05, 4.69) is 10.6 Å². The summed E-state index contributed by atoms with van der Waals surface area (Å²) in [6.07, 6.45) is 0.244. The number of benzene rings is 2. The minimum absolute atomic E-state index is 0.244. The summed E-state index contributed by atoms with van der Waals surface area (Å²) in [5, 5.41) is 5.79. The lowest BCUT2D eigenvalue weighted by Crippen LogP contribution is -2.46. The summed E-state index contributed by atoms with van der Waals surface area (Å²) in [5.41, 5.74) is 0.106. The van der Waals surface area contributed by atoms with E-state index in [0.717, 1.165) is 10.5 Å². The van der Waals surface area contributed by atoms with Gasteiger partial charge in [0.15, 0.2) is 0 Å². The van der Waals surface area contributed by atoms with E-state index >= 15 is 0 Å². The smallest absolute Gasteiger partial charge is 0.325 e. The van der Waals surface area contributed by atoms with Gasteiger partial charge < -0.3 is 15.4 Å². The molecule has 0 saturated carbocycles. The molecule has 4 amide bonds. The fourth-order valence-corrected chi connectivity index (χ4v) is 3.34. The van der Waals surface area contributed by atoms with Crippen LogP contribution < -0.4 is 15.4 Å². The molecule has 3 rings (SSSR count). The number of hydrogen-bond acceptors (Lipinski definition) is 4. The first-order valence-corrected chi connectivity index (χ1v) is 9.01. The van der Waals surface area contributed by atoms with Crippen LogP contribution in [-0.4, -0.2) is 41.9 Å². The van der Waals surface area contributed by atoms with Crippen molar-refractivity contribution in [3.63, 3.8) is 0 Å². The third kappa shape index (κ3) is 4.09. The third-order valence-corrected chi connectivity index (χ3v) is 4.73. The van der Waals surface area contributed by atoms with Gasteiger partial charge in [0.1, 0.15) is 17.8 Å². The summed E-state index contributed by atoms with van der Waals surface area (Å²) in [7, 11) is 1.54. The van der Waals surface area contributed by atoms with Gasteiger partial charge in [0.05, 0.1) is 7.11 Å². The van der Waals surface area contributed by atoms with E-state index in [1.807, 2.05) is 18.2 Å². The molecule has 1 aliphatic rings. The maximum absolute atomic E-state index is 12.9. The molecule has 1 fully saturated rings. The topological polar surface area (TPSA) is 87.7 Å². The Morgan fingerprint density at radius 1 is 1.21 bits per heavy atom. The summed E-state index contributed by atoms with van der Waals surface area (Å²) in [4.78, 5) is 38.4. The number of ether oxygens (including phenoxy) is 1. The zero-order chi connectivity index (χ0) is 20.3. The summed E-state index contributed by atoms with van der Waals surface area (Å²) < 4.78 is 5.32. The average molecular weight is 402 g/mol. The summed E-state index contributed by atoms with van der Waals surface area (Å²) >= 11 is 5.89. The van der Waals surface area contributed by atoms with Gasteiger partial charge in [-0.3, -0.25) is 14.5 Å². The van der Waals surface area contributed by atoms with Crippen molar-refractivity contribution in [3.8, 4) is 5.75 Å². The van der Waals surface area contributed by atoms with Crippen molar-refractivity contribution in [3.05, 3.63) is 59.1 Å². The molecule has 0 aliphatic carbocycles. The van der Waals surface area contributed by atoms with Crippen molar-refractivity contribution in [2.75, 3.05) is 19.0 Å². The van der Waals surface area contributed by atoms with Crippen LogP contribution in [0.15, 0.2) is 48.5 Å². The van der Waals surface area contributed by atoms with E-state index < -0.39 is 29.9 Å². The van der Waals surface area contributed by atoms with Gasteiger partial charge in [-0.25, -0.2) is 4.79 Å². The Morgan fingerprint density at radius 2 is 1.96 bits per heavy atom. The molecule has 0 radical (unpaired) electrons. The van der Waals surface area contributed by atoms with Crippen molar-refractivity contribution >= 4 is 35.1 Å². The monoisotopic (exact) mass is 401 g/mol. The van der Waals surface area contributed by atoms with Gasteiger partial charge in [0, 0.05) is 17.1 Å². The number of nitrogens with zero attached hydrogens (tertiary/aromatic N) is 1. The number of rotatable bonds is 6. The average Bonchev–Trinajstić information content (AvgIpc) is 2.85. The van der Waals surface area contributed by atoms with Gasteiger partial charge in [-0.05, 0) is 36.8 Å². The van der Waals surface area contributed by atoms with Crippen LogP contribution in [0, 0.1) is 0 Å². The van der Waals surface area contributed by atoms with Crippen molar-refractivity contribution in [2.45, 2.75) is 18.9 Å². The number of hydrogen-bond donors (Lipinski definition) is 2. The van der Waals surface area contributed by atoms with E-state index in [-0.39, 0.29) is 6.42 Å². The highest BCUT2D eigenvalue weighted by atomic mass is 35.5. The van der Waals surface area contributed by atoms with Crippen molar-refractivity contribution < 1.29 is 19.1 Å². The lowest BCUT2D eigenvalue weighted by molar-refractivity contribution is -0.133. The highest BCUT2D eigenvalue weighted by Gasteiger charge is 2.48. The minimum atomic E-state index is -1.16. The van der Waals surface area contributed by atoms with Gasteiger partial charge in [-0.2, -0.15) is 0 Å². The molecule has 1 atom stereocenters. The van der Waals surface area contributed by atoms with Gasteiger partial charge in [0.25, 0.3) is 5.91 Å². The number of imide groups is 1. The minimum Gasteiger partial charge on any atom is -0.496 e. The van der Waals surface area contributed by atoms with Crippen molar-refractivity contribution in [2.24, 2.45) is 0 Å². The van der Waals surface area contributed by atoms with Crippen LogP contribution in [-0.2, 0) is 16.0 Å². The first-order chi connectivity index (χ1) is 13.3. The summed E-state index contributed by atoms with van der Waals surface area (Å²) in [5.74, 6) is -0.333. The highest BCUT2D eigenvalue weighted by molar-refractivity contribution is 6.30. The predicted molar refractivity (Wildman–Crippen MR) is 105 cm³/mol. The van der Waals surface area contributed by atoms with Crippen LogP contribution in [0.25, 0.3) is 0 Å². The fraction of sp³-hybridized carbons (Fsp3) is 0.250. The van der Waals surface area contributed by atoms with Crippen LogP contribution in [0.2, 0.25) is 5.02 Å². The summed E-state index contributed by atoms with van der Waals surface area (Å²) in [6, 6.07) is 13.3. The second-order valence-corrected chi connectivity index (χ2v) is 7.14. The standard InChI is InChI=1S/C20H20ClN3O4/c1-20(11-13-6-3-4-9-16(13)28-2)18(26)24(19(27)23-20)12-17(25)22-15-8-5-7-14(21)10-15/h3-10H,11-12H2,1-2H3,(H,22,25)(H,23,27)/t20-/m0/s1. The number of urea groups is 1. The first kappa shape index (κ1) is 19.7. The second kappa shape index (κ2) is 7.90. The predicted octanol–water partition coefficient (Wildman–Crippen LogP) is 2.84. The normalized spacial score (nSPS) is 18.8. The summed E-state index contributed by atoms with van der Waals surface area (Å²) in [6.45, 7) is 1.24. The molecule has 1 heterocycles. The molecule has 0 spiro atoms. The van der Waals surface area contributed by atoms with Gasteiger partial charge in [-0.1, -0.05) is 35.9 Å².